The summed E-state index contributed by atoms with van der Waals surface area (Å²) in [7, 11) is 1.79. The van der Waals surface area contributed by atoms with Crippen LogP contribution in [0.4, 0.5) is 0 Å². The first-order valence-electron chi connectivity index (χ1n) is 6.48. The second kappa shape index (κ2) is 5.95. The van der Waals surface area contributed by atoms with Gasteiger partial charge in [-0.3, -0.25) is 4.79 Å². The Labute approximate surface area is 131 Å². The molecule has 1 aromatic heterocycles. The summed E-state index contributed by atoms with van der Waals surface area (Å²) in [4.78, 5) is 15.0. The van der Waals surface area contributed by atoms with E-state index < -0.39 is 0 Å². The number of carbonyl (C=O) groups excluding carboxylic acids is 1. The minimum atomic E-state index is 0.0541. The van der Waals surface area contributed by atoms with E-state index in [4.69, 9.17) is 21.1 Å². The minimum absolute atomic E-state index is 0.0541. The topological polar surface area (TPSA) is 38.8 Å². The third kappa shape index (κ3) is 3.31. The van der Waals surface area contributed by atoms with Gasteiger partial charge in [0.2, 0.25) is 12.7 Å². The molecule has 0 saturated carbocycles. The number of ether oxygens (including phenoxy) is 2. The van der Waals surface area contributed by atoms with Crippen LogP contribution in [0.3, 0.4) is 0 Å². The van der Waals surface area contributed by atoms with E-state index in [2.05, 4.69) is 0 Å². The van der Waals surface area contributed by atoms with Gasteiger partial charge in [0.25, 0.3) is 0 Å². The van der Waals surface area contributed by atoms with Gasteiger partial charge in [0.15, 0.2) is 11.5 Å². The standard InChI is InChI=1S/C15H14ClNO3S/c1-17(8-11-3-5-14(16)21-11)15(18)7-10-2-4-12-13(6-10)20-9-19-12/h2-6H,7-9H2,1H3. The predicted molar refractivity (Wildman–Crippen MR) is 82.1 cm³/mol. The van der Waals surface area contributed by atoms with Crippen molar-refractivity contribution in [2.75, 3.05) is 13.8 Å². The summed E-state index contributed by atoms with van der Waals surface area (Å²) in [5.41, 5.74) is 0.917. The zero-order chi connectivity index (χ0) is 14.8. The Morgan fingerprint density at radius 1 is 1.29 bits per heavy atom. The van der Waals surface area contributed by atoms with E-state index in [0.29, 0.717) is 18.7 Å². The fourth-order valence-electron chi connectivity index (χ4n) is 2.12. The second-order valence-corrected chi connectivity index (χ2v) is 6.62. The second-order valence-electron chi connectivity index (χ2n) is 4.82. The normalized spacial score (nSPS) is 12.5. The van der Waals surface area contributed by atoms with Crippen molar-refractivity contribution in [1.82, 2.24) is 4.90 Å². The van der Waals surface area contributed by atoms with E-state index >= 15 is 0 Å². The molecule has 0 bridgehead atoms. The summed E-state index contributed by atoms with van der Waals surface area (Å²) in [6.07, 6.45) is 0.340. The Balaban J connectivity index is 1.63. The van der Waals surface area contributed by atoms with Gasteiger partial charge >= 0.3 is 0 Å². The number of thiophene rings is 1. The minimum Gasteiger partial charge on any atom is -0.454 e. The van der Waals surface area contributed by atoms with Crippen molar-refractivity contribution in [2.45, 2.75) is 13.0 Å². The molecule has 0 aliphatic carbocycles. The van der Waals surface area contributed by atoms with E-state index in [0.717, 1.165) is 20.5 Å². The lowest BCUT2D eigenvalue weighted by molar-refractivity contribution is -0.129. The molecule has 0 fully saturated rings. The van der Waals surface area contributed by atoms with Crippen molar-refractivity contribution in [2.24, 2.45) is 0 Å². The molecular weight excluding hydrogens is 310 g/mol. The molecule has 3 rings (SSSR count). The zero-order valence-electron chi connectivity index (χ0n) is 11.5. The molecule has 1 amide bonds. The molecule has 21 heavy (non-hydrogen) atoms. The Bertz CT molecular complexity index is 671. The summed E-state index contributed by atoms with van der Waals surface area (Å²) in [6.45, 7) is 0.812. The molecule has 0 unspecified atom stereocenters. The van der Waals surface area contributed by atoms with E-state index in [1.165, 1.54) is 11.3 Å². The van der Waals surface area contributed by atoms with Gasteiger partial charge in [-0.2, -0.15) is 0 Å². The molecule has 0 atom stereocenters. The molecule has 0 saturated heterocycles. The molecule has 0 spiro atoms. The maximum Gasteiger partial charge on any atom is 0.231 e. The molecular formula is C15H14ClNO3S. The van der Waals surface area contributed by atoms with Crippen LogP contribution in [0.1, 0.15) is 10.4 Å². The van der Waals surface area contributed by atoms with Crippen molar-refractivity contribution in [1.29, 1.82) is 0 Å². The number of hydrogen-bond donors (Lipinski definition) is 0. The molecule has 1 aliphatic rings. The molecule has 0 radical (unpaired) electrons. The Hall–Kier alpha value is -1.72. The van der Waals surface area contributed by atoms with Gasteiger partial charge in [0, 0.05) is 11.9 Å². The van der Waals surface area contributed by atoms with E-state index in [1.54, 1.807) is 11.9 Å². The number of carbonyl (C=O) groups is 1. The quantitative estimate of drug-likeness (QED) is 0.866. The van der Waals surface area contributed by atoms with Crippen molar-refractivity contribution < 1.29 is 14.3 Å². The third-order valence-corrected chi connectivity index (χ3v) is 4.46. The van der Waals surface area contributed by atoms with Crippen LogP contribution in [0.15, 0.2) is 30.3 Å². The highest BCUT2D eigenvalue weighted by molar-refractivity contribution is 7.16. The highest BCUT2D eigenvalue weighted by Gasteiger charge is 2.16. The molecule has 0 N–H and O–H groups in total. The van der Waals surface area contributed by atoms with Crippen LogP contribution in [-0.4, -0.2) is 24.6 Å². The summed E-state index contributed by atoms with van der Waals surface area (Å²) < 4.78 is 11.3. The summed E-state index contributed by atoms with van der Waals surface area (Å²) in [5.74, 6) is 1.49. The SMILES string of the molecule is CN(Cc1ccc(Cl)s1)C(=O)Cc1ccc2c(c1)OCO2. The first kappa shape index (κ1) is 14.2. The van der Waals surface area contributed by atoms with Crippen LogP contribution < -0.4 is 9.47 Å². The number of nitrogens with zero attached hydrogens (tertiary/aromatic N) is 1. The number of rotatable bonds is 4. The average Bonchev–Trinajstić information content (AvgIpc) is 3.07. The summed E-state index contributed by atoms with van der Waals surface area (Å²) in [6, 6.07) is 9.37. The molecule has 110 valence electrons. The number of fused-ring (bicyclic) bond motifs is 1. The van der Waals surface area contributed by atoms with E-state index in [1.807, 2.05) is 30.3 Å². The Kier molecular flexibility index (Phi) is 4.03. The van der Waals surface area contributed by atoms with Crippen LogP contribution >= 0.6 is 22.9 Å². The van der Waals surface area contributed by atoms with Crippen LogP contribution in [0.5, 0.6) is 11.5 Å². The smallest absolute Gasteiger partial charge is 0.231 e. The average molecular weight is 324 g/mol. The van der Waals surface area contributed by atoms with Gasteiger partial charge in [0.1, 0.15) is 0 Å². The number of hydrogen-bond acceptors (Lipinski definition) is 4. The first-order valence-corrected chi connectivity index (χ1v) is 7.68. The van der Waals surface area contributed by atoms with E-state index in [-0.39, 0.29) is 12.7 Å². The zero-order valence-corrected chi connectivity index (χ0v) is 13.0. The van der Waals surface area contributed by atoms with Crippen LogP contribution in [0, 0.1) is 0 Å². The van der Waals surface area contributed by atoms with E-state index in [9.17, 15) is 4.79 Å². The lowest BCUT2D eigenvalue weighted by Gasteiger charge is -2.16. The van der Waals surface area contributed by atoms with Crippen molar-refractivity contribution in [3.8, 4) is 11.5 Å². The number of likely N-dealkylation sites (N-methyl/N-ethyl adjacent to an activating group) is 1. The van der Waals surface area contributed by atoms with Crippen LogP contribution in [0.25, 0.3) is 0 Å². The van der Waals surface area contributed by atoms with Gasteiger partial charge in [-0.15, -0.1) is 11.3 Å². The molecule has 1 aromatic carbocycles. The fraction of sp³-hybridized carbons (Fsp3) is 0.267. The Morgan fingerprint density at radius 2 is 2.10 bits per heavy atom. The third-order valence-electron chi connectivity index (χ3n) is 3.24. The summed E-state index contributed by atoms with van der Waals surface area (Å²) >= 11 is 7.39. The molecule has 6 heteroatoms. The summed E-state index contributed by atoms with van der Waals surface area (Å²) in [5, 5.41) is 0. The van der Waals surface area contributed by atoms with Crippen molar-refractivity contribution in [3.63, 3.8) is 0 Å². The molecule has 2 aromatic rings. The van der Waals surface area contributed by atoms with Gasteiger partial charge in [-0.05, 0) is 29.8 Å². The number of amides is 1. The van der Waals surface area contributed by atoms with Crippen LogP contribution in [-0.2, 0) is 17.8 Å². The largest absolute Gasteiger partial charge is 0.454 e. The van der Waals surface area contributed by atoms with Gasteiger partial charge in [0.05, 0.1) is 17.3 Å². The first-order chi connectivity index (χ1) is 10.1. The van der Waals surface area contributed by atoms with Crippen molar-refractivity contribution >= 4 is 28.8 Å². The monoisotopic (exact) mass is 323 g/mol. The number of benzene rings is 1. The fourth-order valence-corrected chi connectivity index (χ4v) is 3.26. The molecule has 1 aliphatic heterocycles. The van der Waals surface area contributed by atoms with Crippen molar-refractivity contribution in [3.05, 3.63) is 45.1 Å². The number of halogens is 1. The predicted octanol–water partition coefficient (Wildman–Crippen LogP) is 3.33. The lowest BCUT2D eigenvalue weighted by atomic mass is 10.1. The highest BCUT2D eigenvalue weighted by Crippen LogP contribution is 2.32. The maximum atomic E-state index is 12.2. The van der Waals surface area contributed by atoms with Gasteiger partial charge in [-0.25, -0.2) is 0 Å². The lowest BCUT2D eigenvalue weighted by Crippen LogP contribution is -2.27. The molecule has 2 heterocycles. The maximum absolute atomic E-state index is 12.2. The van der Waals surface area contributed by atoms with Crippen LogP contribution in [0.2, 0.25) is 4.34 Å². The van der Waals surface area contributed by atoms with Gasteiger partial charge in [-0.1, -0.05) is 17.7 Å². The molecule has 4 nitrogen and oxygen atoms in total. The Morgan fingerprint density at radius 3 is 2.86 bits per heavy atom. The van der Waals surface area contributed by atoms with Gasteiger partial charge < -0.3 is 14.4 Å². The highest BCUT2D eigenvalue weighted by atomic mass is 35.5.